The number of amides is 1. The quantitative estimate of drug-likeness (QED) is 0.350. The van der Waals surface area contributed by atoms with Crippen LogP contribution in [0.1, 0.15) is 6.92 Å². The molecule has 0 unspecified atom stereocenters. The van der Waals surface area contributed by atoms with E-state index in [1.54, 1.807) is 43.0 Å². The van der Waals surface area contributed by atoms with Crippen molar-refractivity contribution in [2.75, 3.05) is 49.6 Å². The number of aryl methyl sites for hydroxylation is 1. The number of sulfone groups is 1. The van der Waals surface area contributed by atoms with Crippen molar-refractivity contribution >= 4 is 51.4 Å². The summed E-state index contributed by atoms with van der Waals surface area (Å²) in [6, 6.07) is 0. The molecule has 1 fully saturated rings. The van der Waals surface area contributed by atoms with Gasteiger partial charge in [0.05, 0.1) is 17.6 Å². The fourth-order valence-corrected chi connectivity index (χ4v) is 3.17. The van der Waals surface area contributed by atoms with Crippen molar-refractivity contribution < 1.29 is 13.2 Å². The van der Waals surface area contributed by atoms with Crippen LogP contribution in [-0.4, -0.2) is 79.7 Å². The number of hydrogen-bond acceptors (Lipinski definition) is 5. The Labute approximate surface area is 165 Å². The Morgan fingerprint density at radius 3 is 2.64 bits per heavy atom. The van der Waals surface area contributed by atoms with Gasteiger partial charge >= 0.3 is 0 Å². The summed E-state index contributed by atoms with van der Waals surface area (Å²) in [7, 11) is 0.398. The number of nitrogens with one attached hydrogen (secondary N) is 1. The number of nitrogens with zero attached hydrogens (tertiary/aromatic N) is 5. The average molecular weight is 484 g/mol. The van der Waals surface area contributed by atoms with E-state index in [-0.39, 0.29) is 54.5 Å². The molecule has 0 aromatic carbocycles. The first-order valence-corrected chi connectivity index (χ1v) is 9.63. The molecule has 1 aromatic heterocycles. The minimum absolute atomic E-state index is 0. The number of aliphatic imine (C=N–C) groups is 1. The highest BCUT2D eigenvalue weighted by atomic mass is 127. The number of anilines is 1. The minimum atomic E-state index is -3.03. The maximum atomic E-state index is 12.4. The molecular weight excluding hydrogens is 459 g/mol. The maximum Gasteiger partial charge on any atom is 0.246 e. The second-order valence-electron chi connectivity index (χ2n) is 5.55. The van der Waals surface area contributed by atoms with Crippen molar-refractivity contribution in [3.05, 3.63) is 12.4 Å². The van der Waals surface area contributed by atoms with Crippen LogP contribution in [0.4, 0.5) is 5.69 Å². The third kappa shape index (κ3) is 5.83. The summed E-state index contributed by atoms with van der Waals surface area (Å²) in [6.45, 7) is 3.23. The van der Waals surface area contributed by atoms with Gasteiger partial charge in [-0.25, -0.2) is 8.42 Å². The Balaban J connectivity index is 0.00000312. The van der Waals surface area contributed by atoms with E-state index in [2.05, 4.69) is 15.4 Å². The van der Waals surface area contributed by atoms with Crippen LogP contribution < -0.4 is 10.2 Å². The number of carbonyl (C=O) groups excluding carboxylic acids is 1. The van der Waals surface area contributed by atoms with Gasteiger partial charge in [0, 0.05) is 45.7 Å². The molecule has 0 atom stereocenters. The van der Waals surface area contributed by atoms with Gasteiger partial charge in [-0.1, -0.05) is 6.92 Å². The molecule has 1 aliphatic heterocycles. The van der Waals surface area contributed by atoms with Gasteiger partial charge in [-0.3, -0.25) is 14.5 Å². The lowest BCUT2D eigenvalue weighted by molar-refractivity contribution is -0.120. The molecular formula is C14H25IN6O3S. The molecule has 1 aliphatic rings. The van der Waals surface area contributed by atoms with Crippen LogP contribution in [0.25, 0.3) is 0 Å². The molecule has 2 rings (SSSR count). The lowest BCUT2D eigenvalue weighted by Gasteiger charge is -2.35. The molecule has 0 bridgehead atoms. The third-order valence-electron chi connectivity index (χ3n) is 3.87. The van der Waals surface area contributed by atoms with Crippen LogP contribution in [0.3, 0.4) is 0 Å². The van der Waals surface area contributed by atoms with E-state index in [1.165, 1.54) is 0 Å². The Morgan fingerprint density at radius 1 is 1.40 bits per heavy atom. The summed E-state index contributed by atoms with van der Waals surface area (Å²) in [5.74, 6) is 0.667. The van der Waals surface area contributed by atoms with Gasteiger partial charge in [-0.05, 0) is 0 Å². The predicted octanol–water partition coefficient (Wildman–Crippen LogP) is -0.303. The number of halogens is 1. The van der Waals surface area contributed by atoms with E-state index >= 15 is 0 Å². The highest BCUT2D eigenvalue weighted by molar-refractivity contribution is 14.0. The summed E-state index contributed by atoms with van der Waals surface area (Å²) in [4.78, 5) is 20.0. The number of aromatic nitrogens is 2. The van der Waals surface area contributed by atoms with Gasteiger partial charge in [0.15, 0.2) is 15.8 Å². The minimum Gasteiger partial charge on any atom is -0.355 e. The van der Waals surface area contributed by atoms with E-state index in [4.69, 9.17) is 0 Å². The van der Waals surface area contributed by atoms with Crippen molar-refractivity contribution in [1.29, 1.82) is 0 Å². The average Bonchev–Trinajstić information content (AvgIpc) is 2.97. The zero-order chi connectivity index (χ0) is 17.7. The molecule has 1 saturated heterocycles. The van der Waals surface area contributed by atoms with Gasteiger partial charge < -0.3 is 15.1 Å². The topological polar surface area (TPSA) is 99.9 Å². The fourth-order valence-electron chi connectivity index (χ4n) is 2.47. The van der Waals surface area contributed by atoms with Gasteiger partial charge in [0.2, 0.25) is 5.91 Å². The van der Waals surface area contributed by atoms with E-state index in [0.29, 0.717) is 19.0 Å². The number of carbonyl (C=O) groups is 1. The monoisotopic (exact) mass is 484 g/mol. The van der Waals surface area contributed by atoms with Gasteiger partial charge in [-0.15, -0.1) is 24.0 Å². The molecule has 1 amide bonds. The lowest BCUT2D eigenvalue weighted by Crippen LogP contribution is -2.55. The number of guanidine groups is 1. The zero-order valence-corrected chi connectivity index (χ0v) is 17.8. The van der Waals surface area contributed by atoms with Crippen LogP contribution in [0, 0.1) is 0 Å². The van der Waals surface area contributed by atoms with Crippen molar-refractivity contribution in [3.63, 3.8) is 0 Å². The first-order chi connectivity index (χ1) is 11.4. The summed E-state index contributed by atoms with van der Waals surface area (Å²) in [5, 5.41) is 7.10. The van der Waals surface area contributed by atoms with Crippen LogP contribution in [0.5, 0.6) is 0 Å². The van der Waals surface area contributed by atoms with Crippen molar-refractivity contribution in [2.24, 2.45) is 12.0 Å². The second kappa shape index (κ2) is 9.36. The summed E-state index contributed by atoms with van der Waals surface area (Å²) < 4.78 is 24.7. The number of hydrogen-bond donors (Lipinski definition) is 1. The zero-order valence-electron chi connectivity index (χ0n) is 14.7. The van der Waals surface area contributed by atoms with Crippen molar-refractivity contribution in [2.45, 2.75) is 6.92 Å². The van der Waals surface area contributed by atoms with Crippen molar-refractivity contribution in [3.8, 4) is 0 Å². The normalized spacial score (nSPS) is 16.0. The molecule has 11 heteroatoms. The van der Waals surface area contributed by atoms with E-state index in [1.807, 2.05) is 4.90 Å². The SMILES string of the molecule is CCS(=O)(=O)CCNC(=NC)N1CCN(c2cnn(C)c2)C(=O)C1.I. The predicted molar refractivity (Wildman–Crippen MR) is 108 cm³/mol. The molecule has 0 spiro atoms. The molecule has 25 heavy (non-hydrogen) atoms. The molecule has 0 radical (unpaired) electrons. The molecule has 9 nitrogen and oxygen atoms in total. The van der Waals surface area contributed by atoms with Crippen LogP contribution in [0.2, 0.25) is 0 Å². The number of piperazine rings is 1. The highest BCUT2D eigenvalue weighted by Gasteiger charge is 2.27. The summed E-state index contributed by atoms with van der Waals surface area (Å²) >= 11 is 0. The molecule has 1 aromatic rings. The largest absolute Gasteiger partial charge is 0.355 e. The molecule has 0 saturated carbocycles. The van der Waals surface area contributed by atoms with E-state index in [9.17, 15) is 13.2 Å². The summed E-state index contributed by atoms with van der Waals surface area (Å²) in [6.07, 6.45) is 3.46. The highest BCUT2D eigenvalue weighted by Crippen LogP contribution is 2.15. The van der Waals surface area contributed by atoms with Crippen molar-refractivity contribution in [1.82, 2.24) is 20.0 Å². The molecule has 2 heterocycles. The standard InChI is InChI=1S/C14H24N6O3S.HI/c1-4-24(22,23)8-5-16-14(15-2)19-6-7-20(13(21)11-19)12-9-17-18(3)10-12;/h9-10H,4-8,11H2,1-3H3,(H,15,16);1H. The molecule has 142 valence electrons. The van der Waals surface area contributed by atoms with Gasteiger partial charge in [-0.2, -0.15) is 5.10 Å². The summed E-state index contributed by atoms with van der Waals surface area (Å²) in [5.41, 5.74) is 0.777. The second-order valence-corrected chi connectivity index (χ2v) is 8.02. The molecule has 0 aliphatic carbocycles. The Morgan fingerprint density at radius 2 is 2.12 bits per heavy atom. The van der Waals surface area contributed by atoms with Crippen LogP contribution >= 0.6 is 24.0 Å². The lowest BCUT2D eigenvalue weighted by atomic mass is 10.3. The van der Waals surface area contributed by atoms with Crippen LogP contribution in [0.15, 0.2) is 17.4 Å². The third-order valence-corrected chi connectivity index (χ3v) is 5.58. The first kappa shape index (κ1) is 21.7. The molecule has 1 N–H and O–H groups in total. The van der Waals surface area contributed by atoms with Crippen LogP contribution in [-0.2, 0) is 21.7 Å². The Hall–Kier alpha value is -1.37. The van der Waals surface area contributed by atoms with Gasteiger partial charge in [0.1, 0.15) is 6.54 Å². The van der Waals surface area contributed by atoms with E-state index in [0.717, 1.165) is 5.69 Å². The first-order valence-electron chi connectivity index (χ1n) is 7.81. The fraction of sp³-hybridized carbons (Fsp3) is 0.643. The maximum absolute atomic E-state index is 12.4. The van der Waals surface area contributed by atoms with E-state index < -0.39 is 9.84 Å². The Bertz CT molecular complexity index is 718. The Kier molecular flexibility index (Phi) is 8.12. The number of rotatable bonds is 5. The van der Waals surface area contributed by atoms with Gasteiger partial charge in [0.25, 0.3) is 0 Å². The smallest absolute Gasteiger partial charge is 0.246 e.